The minimum atomic E-state index is 1.11. The predicted octanol–water partition coefficient (Wildman–Crippen LogP) is 3.82. The molecule has 1 heterocycles. The highest BCUT2D eigenvalue weighted by atomic mass is 79.9. The smallest absolute Gasteiger partial charge is 0.0346 e. The Kier molecular flexibility index (Phi) is 2.64. The first-order valence-electron chi connectivity index (χ1n) is 4.44. The fourth-order valence-corrected chi connectivity index (χ4v) is 1.95. The second-order valence-electron chi connectivity index (χ2n) is 3.20. The van der Waals surface area contributed by atoms with Gasteiger partial charge in [0.1, 0.15) is 0 Å². The van der Waals surface area contributed by atoms with E-state index in [0.29, 0.717) is 0 Å². The van der Waals surface area contributed by atoms with Gasteiger partial charge in [-0.15, -0.1) is 0 Å². The maximum Gasteiger partial charge on any atom is 0.0346 e. The normalized spacial score (nSPS) is 10.1. The Morgan fingerprint density at radius 1 is 1.21 bits per heavy atom. The Balaban J connectivity index is 2.53. The first-order valence-corrected chi connectivity index (χ1v) is 5.23. The highest BCUT2D eigenvalue weighted by Gasteiger charge is 2.01. The van der Waals surface area contributed by atoms with E-state index in [1.165, 1.54) is 11.1 Å². The summed E-state index contributed by atoms with van der Waals surface area (Å²) in [5, 5.41) is 0. The molecule has 0 aliphatic rings. The minimum absolute atomic E-state index is 1.11. The van der Waals surface area contributed by atoms with Gasteiger partial charge in [-0.3, -0.25) is 4.98 Å². The van der Waals surface area contributed by atoms with Gasteiger partial charge in [0.05, 0.1) is 0 Å². The van der Waals surface area contributed by atoms with Crippen LogP contribution in [0.3, 0.4) is 0 Å². The number of halogens is 1. The van der Waals surface area contributed by atoms with Crippen LogP contribution in [-0.4, -0.2) is 4.98 Å². The lowest BCUT2D eigenvalue weighted by atomic mass is 10.0. The maximum atomic E-state index is 4.11. The van der Waals surface area contributed by atoms with Gasteiger partial charge in [0.25, 0.3) is 0 Å². The van der Waals surface area contributed by atoms with E-state index in [2.05, 4.69) is 52.1 Å². The van der Waals surface area contributed by atoms with Crippen molar-refractivity contribution in [1.82, 2.24) is 4.98 Å². The van der Waals surface area contributed by atoms with Crippen LogP contribution in [0.4, 0.5) is 0 Å². The summed E-state index contributed by atoms with van der Waals surface area (Å²) in [6, 6.07) is 10.3. The Labute approximate surface area is 91.9 Å². The quantitative estimate of drug-likeness (QED) is 0.747. The molecule has 0 amide bonds. The molecular weight excluding hydrogens is 238 g/mol. The van der Waals surface area contributed by atoms with Crippen LogP contribution in [0.2, 0.25) is 0 Å². The maximum absolute atomic E-state index is 4.11. The standard InChI is InChI=1S/C12H10BrN/c1-9-7-11(13)4-5-12(9)10-3-2-6-14-8-10/h2-8H,1H3. The number of aryl methyl sites for hydroxylation is 1. The van der Waals surface area contributed by atoms with Crippen molar-refractivity contribution in [3.8, 4) is 11.1 Å². The van der Waals surface area contributed by atoms with Crippen LogP contribution in [0, 0.1) is 6.92 Å². The zero-order chi connectivity index (χ0) is 9.97. The summed E-state index contributed by atoms with van der Waals surface area (Å²) < 4.78 is 1.11. The number of hydrogen-bond donors (Lipinski definition) is 0. The monoisotopic (exact) mass is 247 g/mol. The average molecular weight is 248 g/mol. The van der Waals surface area contributed by atoms with Gasteiger partial charge in [0.2, 0.25) is 0 Å². The van der Waals surface area contributed by atoms with Crippen LogP contribution >= 0.6 is 15.9 Å². The summed E-state index contributed by atoms with van der Waals surface area (Å²) in [5.41, 5.74) is 3.66. The Morgan fingerprint density at radius 3 is 2.71 bits per heavy atom. The van der Waals surface area contributed by atoms with E-state index in [-0.39, 0.29) is 0 Å². The molecule has 1 nitrogen and oxygen atoms in total. The van der Waals surface area contributed by atoms with Crippen molar-refractivity contribution < 1.29 is 0 Å². The van der Waals surface area contributed by atoms with Crippen LogP contribution in [-0.2, 0) is 0 Å². The summed E-state index contributed by atoms with van der Waals surface area (Å²) in [6.07, 6.45) is 3.67. The second kappa shape index (κ2) is 3.93. The van der Waals surface area contributed by atoms with E-state index in [1.807, 2.05) is 12.3 Å². The molecule has 0 atom stereocenters. The second-order valence-corrected chi connectivity index (χ2v) is 4.12. The average Bonchev–Trinajstić information content (AvgIpc) is 2.19. The lowest BCUT2D eigenvalue weighted by Crippen LogP contribution is -1.83. The number of hydrogen-bond acceptors (Lipinski definition) is 1. The third-order valence-electron chi connectivity index (χ3n) is 2.16. The molecule has 0 spiro atoms. The van der Waals surface area contributed by atoms with Crippen LogP contribution in [0.15, 0.2) is 47.2 Å². The SMILES string of the molecule is Cc1cc(Br)ccc1-c1cccnc1. The van der Waals surface area contributed by atoms with Gasteiger partial charge in [-0.25, -0.2) is 0 Å². The number of pyridine rings is 1. The molecule has 2 rings (SSSR count). The molecule has 2 heteroatoms. The summed E-state index contributed by atoms with van der Waals surface area (Å²) in [5.74, 6) is 0. The van der Waals surface area contributed by atoms with E-state index in [4.69, 9.17) is 0 Å². The fourth-order valence-electron chi connectivity index (χ4n) is 1.47. The largest absolute Gasteiger partial charge is 0.264 e. The van der Waals surface area contributed by atoms with Crippen molar-refractivity contribution in [1.29, 1.82) is 0 Å². The third-order valence-corrected chi connectivity index (χ3v) is 2.65. The van der Waals surface area contributed by atoms with Crippen molar-refractivity contribution >= 4 is 15.9 Å². The van der Waals surface area contributed by atoms with Crippen LogP contribution < -0.4 is 0 Å². The predicted molar refractivity (Wildman–Crippen MR) is 62.1 cm³/mol. The van der Waals surface area contributed by atoms with E-state index < -0.39 is 0 Å². The summed E-state index contributed by atoms with van der Waals surface area (Å²) in [7, 11) is 0. The van der Waals surface area contributed by atoms with E-state index in [9.17, 15) is 0 Å². The Hall–Kier alpha value is -1.15. The Bertz CT molecular complexity index is 437. The number of nitrogens with zero attached hydrogens (tertiary/aromatic N) is 1. The molecule has 0 fully saturated rings. The number of rotatable bonds is 1. The van der Waals surface area contributed by atoms with Gasteiger partial charge in [-0.1, -0.05) is 28.1 Å². The molecule has 0 aliphatic heterocycles. The zero-order valence-corrected chi connectivity index (χ0v) is 9.45. The van der Waals surface area contributed by atoms with Gasteiger partial charge >= 0.3 is 0 Å². The molecule has 0 aliphatic carbocycles. The summed E-state index contributed by atoms with van der Waals surface area (Å²) in [6.45, 7) is 2.10. The molecule has 1 aromatic heterocycles. The first-order chi connectivity index (χ1) is 6.77. The molecule has 0 unspecified atom stereocenters. The highest BCUT2D eigenvalue weighted by molar-refractivity contribution is 9.10. The van der Waals surface area contributed by atoms with Crippen molar-refractivity contribution in [3.63, 3.8) is 0 Å². The van der Waals surface area contributed by atoms with Gasteiger partial charge in [0.15, 0.2) is 0 Å². The molecule has 0 radical (unpaired) electrons. The zero-order valence-electron chi connectivity index (χ0n) is 7.87. The molecule has 0 saturated carbocycles. The molecule has 0 saturated heterocycles. The fraction of sp³-hybridized carbons (Fsp3) is 0.0833. The topological polar surface area (TPSA) is 12.9 Å². The summed E-state index contributed by atoms with van der Waals surface area (Å²) >= 11 is 3.45. The molecule has 2 aromatic rings. The molecular formula is C12H10BrN. The third kappa shape index (κ3) is 1.85. The molecule has 0 N–H and O–H groups in total. The molecule has 14 heavy (non-hydrogen) atoms. The van der Waals surface area contributed by atoms with Gasteiger partial charge in [-0.05, 0) is 36.2 Å². The summed E-state index contributed by atoms with van der Waals surface area (Å²) in [4.78, 5) is 4.11. The van der Waals surface area contributed by atoms with Crippen LogP contribution in [0.25, 0.3) is 11.1 Å². The lowest BCUT2D eigenvalue weighted by molar-refractivity contribution is 1.32. The van der Waals surface area contributed by atoms with E-state index in [0.717, 1.165) is 10.0 Å². The molecule has 70 valence electrons. The first kappa shape index (κ1) is 9.41. The van der Waals surface area contributed by atoms with Gasteiger partial charge in [0, 0.05) is 22.4 Å². The van der Waals surface area contributed by atoms with Crippen molar-refractivity contribution in [2.24, 2.45) is 0 Å². The van der Waals surface area contributed by atoms with E-state index in [1.54, 1.807) is 6.20 Å². The lowest BCUT2D eigenvalue weighted by Gasteiger charge is -2.05. The van der Waals surface area contributed by atoms with Crippen molar-refractivity contribution in [2.45, 2.75) is 6.92 Å². The van der Waals surface area contributed by atoms with E-state index >= 15 is 0 Å². The molecule has 0 bridgehead atoms. The number of benzene rings is 1. The minimum Gasteiger partial charge on any atom is -0.264 e. The number of aromatic nitrogens is 1. The van der Waals surface area contributed by atoms with Gasteiger partial charge in [-0.2, -0.15) is 0 Å². The van der Waals surface area contributed by atoms with Crippen molar-refractivity contribution in [2.75, 3.05) is 0 Å². The van der Waals surface area contributed by atoms with Gasteiger partial charge < -0.3 is 0 Å². The van der Waals surface area contributed by atoms with Crippen LogP contribution in [0.1, 0.15) is 5.56 Å². The van der Waals surface area contributed by atoms with Crippen molar-refractivity contribution in [3.05, 3.63) is 52.8 Å². The van der Waals surface area contributed by atoms with Crippen LogP contribution in [0.5, 0.6) is 0 Å². The highest BCUT2D eigenvalue weighted by Crippen LogP contribution is 2.24. The molecule has 1 aromatic carbocycles. The Morgan fingerprint density at radius 2 is 2.07 bits per heavy atom.